The van der Waals surface area contributed by atoms with Gasteiger partial charge >= 0.3 is 6.03 Å². The third kappa shape index (κ3) is 4.37. The molecule has 114 valence electrons. The van der Waals surface area contributed by atoms with E-state index >= 15 is 0 Å². The number of amides is 2. The summed E-state index contributed by atoms with van der Waals surface area (Å²) in [6, 6.07) is 9.71. The molecule has 1 aromatic carbocycles. The lowest BCUT2D eigenvalue weighted by Crippen LogP contribution is -2.45. The van der Waals surface area contributed by atoms with Gasteiger partial charge in [0.15, 0.2) is 0 Å². The van der Waals surface area contributed by atoms with Crippen molar-refractivity contribution in [2.45, 2.75) is 19.4 Å². The summed E-state index contributed by atoms with van der Waals surface area (Å²) in [7, 11) is 1.64. The Kier molecular flexibility index (Phi) is 5.43. The molecule has 6 heteroatoms. The highest BCUT2D eigenvalue weighted by molar-refractivity contribution is 5.93. The van der Waals surface area contributed by atoms with E-state index in [1.165, 1.54) is 4.90 Å². The molecule has 1 aliphatic heterocycles. The maximum absolute atomic E-state index is 11.8. The van der Waals surface area contributed by atoms with Crippen LogP contribution < -0.4 is 10.1 Å². The van der Waals surface area contributed by atoms with Gasteiger partial charge in [0.05, 0.1) is 0 Å². The number of hydrogen-bond acceptors (Lipinski definition) is 4. The van der Waals surface area contributed by atoms with Crippen molar-refractivity contribution in [2.75, 3.05) is 26.7 Å². The molecule has 0 aromatic heterocycles. The van der Waals surface area contributed by atoms with Gasteiger partial charge in [-0.1, -0.05) is 18.2 Å². The highest BCUT2D eigenvalue weighted by Crippen LogP contribution is 2.13. The summed E-state index contributed by atoms with van der Waals surface area (Å²) in [6.07, 6.45) is 0.675. The number of ether oxygens (including phenoxy) is 2. The van der Waals surface area contributed by atoms with E-state index < -0.39 is 0 Å². The molecular weight excluding hydrogens is 270 g/mol. The van der Waals surface area contributed by atoms with Crippen LogP contribution >= 0.6 is 0 Å². The zero-order chi connectivity index (χ0) is 15.1. The van der Waals surface area contributed by atoms with E-state index in [9.17, 15) is 4.79 Å². The van der Waals surface area contributed by atoms with Crippen LogP contribution in [0.25, 0.3) is 0 Å². The smallest absolute Gasteiger partial charge is 0.325 e. The van der Waals surface area contributed by atoms with E-state index in [0.29, 0.717) is 25.7 Å². The monoisotopic (exact) mass is 291 g/mol. The molecule has 0 spiro atoms. The number of para-hydroxylation sites is 1. The first-order valence-electron chi connectivity index (χ1n) is 7.11. The van der Waals surface area contributed by atoms with Crippen LogP contribution in [0.1, 0.15) is 13.3 Å². The molecule has 0 radical (unpaired) electrons. The molecule has 1 unspecified atom stereocenters. The van der Waals surface area contributed by atoms with Gasteiger partial charge in [-0.15, -0.1) is 0 Å². The highest BCUT2D eigenvalue weighted by atomic mass is 16.5. The molecule has 1 aliphatic rings. The Balaban J connectivity index is 1.85. The van der Waals surface area contributed by atoms with Crippen LogP contribution in [0.2, 0.25) is 0 Å². The van der Waals surface area contributed by atoms with Crippen LogP contribution in [0.4, 0.5) is 4.79 Å². The second-order valence-corrected chi connectivity index (χ2v) is 4.71. The molecule has 6 nitrogen and oxygen atoms in total. The number of aliphatic imine (C=N–C) groups is 1. The van der Waals surface area contributed by atoms with Gasteiger partial charge in [-0.3, -0.25) is 4.90 Å². The number of amidine groups is 1. The van der Waals surface area contributed by atoms with E-state index in [4.69, 9.17) is 9.47 Å². The molecule has 1 atom stereocenters. The number of rotatable bonds is 4. The Morgan fingerprint density at radius 2 is 2.24 bits per heavy atom. The fourth-order valence-corrected chi connectivity index (χ4v) is 1.91. The van der Waals surface area contributed by atoms with Crippen LogP contribution in [-0.2, 0) is 4.74 Å². The SMILES string of the molecule is CCNC(=O)N(C)C1=NCCC(COc2ccccc2)O1. The summed E-state index contributed by atoms with van der Waals surface area (Å²) in [5.74, 6) is 0.808. The summed E-state index contributed by atoms with van der Waals surface area (Å²) >= 11 is 0. The van der Waals surface area contributed by atoms with E-state index in [2.05, 4.69) is 10.3 Å². The molecule has 1 aromatic rings. The number of nitrogens with one attached hydrogen (secondary N) is 1. The maximum atomic E-state index is 11.8. The van der Waals surface area contributed by atoms with E-state index in [0.717, 1.165) is 12.2 Å². The first kappa shape index (κ1) is 15.2. The Morgan fingerprint density at radius 3 is 2.95 bits per heavy atom. The van der Waals surface area contributed by atoms with Gasteiger partial charge in [-0.25, -0.2) is 9.79 Å². The second kappa shape index (κ2) is 7.52. The van der Waals surface area contributed by atoms with E-state index in [1.54, 1.807) is 7.05 Å². The number of carbonyl (C=O) groups is 1. The molecule has 0 saturated heterocycles. The topological polar surface area (TPSA) is 63.2 Å². The standard InChI is InChI=1S/C15H21N3O3/c1-3-16-14(19)18(2)15-17-10-9-13(21-15)11-20-12-7-5-4-6-8-12/h4-8,13H,3,9-11H2,1-2H3,(H,16,19). The van der Waals surface area contributed by atoms with Gasteiger partial charge in [0, 0.05) is 26.6 Å². The van der Waals surface area contributed by atoms with E-state index in [1.807, 2.05) is 37.3 Å². The molecule has 1 N–H and O–H groups in total. The molecule has 0 aliphatic carbocycles. The average Bonchev–Trinajstić information content (AvgIpc) is 2.54. The van der Waals surface area contributed by atoms with Gasteiger partial charge in [0.1, 0.15) is 18.5 Å². The van der Waals surface area contributed by atoms with Crippen LogP contribution in [0.5, 0.6) is 5.75 Å². The minimum Gasteiger partial charge on any atom is -0.490 e. The lowest BCUT2D eigenvalue weighted by atomic mass is 10.2. The molecule has 0 bridgehead atoms. The van der Waals surface area contributed by atoms with Crippen molar-refractivity contribution in [1.82, 2.24) is 10.2 Å². The molecule has 2 rings (SSSR count). The minimum absolute atomic E-state index is 0.102. The lowest BCUT2D eigenvalue weighted by molar-refractivity contribution is 0.0865. The predicted molar refractivity (Wildman–Crippen MR) is 80.6 cm³/mol. The zero-order valence-corrected chi connectivity index (χ0v) is 12.4. The van der Waals surface area contributed by atoms with Gasteiger partial charge < -0.3 is 14.8 Å². The van der Waals surface area contributed by atoms with Crippen molar-refractivity contribution in [3.8, 4) is 5.75 Å². The molecule has 2 amide bonds. The van der Waals surface area contributed by atoms with E-state index in [-0.39, 0.29) is 12.1 Å². The Bertz CT molecular complexity index is 490. The minimum atomic E-state index is -0.221. The maximum Gasteiger partial charge on any atom is 0.325 e. The number of nitrogens with zero attached hydrogens (tertiary/aromatic N) is 2. The van der Waals surface area contributed by atoms with Crippen LogP contribution in [0.15, 0.2) is 35.3 Å². The lowest BCUT2D eigenvalue weighted by Gasteiger charge is -2.27. The van der Waals surface area contributed by atoms with Crippen molar-refractivity contribution in [3.63, 3.8) is 0 Å². The summed E-state index contributed by atoms with van der Waals surface area (Å²) in [5, 5.41) is 2.71. The summed E-state index contributed by atoms with van der Waals surface area (Å²) < 4.78 is 11.4. The normalized spacial score (nSPS) is 17.4. The van der Waals surface area contributed by atoms with Crippen molar-refractivity contribution in [2.24, 2.45) is 4.99 Å². The molecule has 0 saturated carbocycles. The second-order valence-electron chi connectivity index (χ2n) is 4.71. The van der Waals surface area contributed by atoms with Gasteiger partial charge in [-0.2, -0.15) is 0 Å². The van der Waals surface area contributed by atoms with Crippen molar-refractivity contribution >= 4 is 12.1 Å². The van der Waals surface area contributed by atoms with Crippen molar-refractivity contribution in [3.05, 3.63) is 30.3 Å². The third-order valence-electron chi connectivity index (χ3n) is 3.07. The largest absolute Gasteiger partial charge is 0.490 e. The summed E-state index contributed by atoms with van der Waals surface area (Å²) in [5.41, 5.74) is 0. The summed E-state index contributed by atoms with van der Waals surface area (Å²) in [4.78, 5) is 17.4. The Morgan fingerprint density at radius 1 is 1.48 bits per heavy atom. The highest BCUT2D eigenvalue weighted by Gasteiger charge is 2.24. The number of hydrogen-bond donors (Lipinski definition) is 1. The van der Waals surface area contributed by atoms with Crippen LogP contribution in [0, 0.1) is 0 Å². The van der Waals surface area contributed by atoms with Gasteiger partial charge in [0.25, 0.3) is 6.02 Å². The molecule has 0 fully saturated rings. The van der Waals surface area contributed by atoms with Gasteiger partial charge in [0.2, 0.25) is 0 Å². The van der Waals surface area contributed by atoms with Gasteiger partial charge in [-0.05, 0) is 19.1 Å². The molecule has 21 heavy (non-hydrogen) atoms. The number of benzene rings is 1. The Hall–Kier alpha value is -2.24. The first-order valence-corrected chi connectivity index (χ1v) is 7.11. The number of urea groups is 1. The van der Waals surface area contributed by atoms with Crippen molar-refractivity contribution in [1.29, 1.82) is 0 Å². The van der Waals surface area contributed by atoms with Crippen LogP contribution in [-0.4, -0.2) is 49.8 Å². The molecular formula is C15H21N3O3. The fraction of sp³-hybridized carbons (Fsp3) is 0.467. The average molecular weight is 291 g/mol. The summed E-state index contributed by atoms with van der Waals surface area (Å²) in [6.45, 7) is 3.50. The van der Waals surface area contributed by atoms with Crippen molar-refractivity contribution < 1.29 is 14.3 Å². The molecule has 1 heterocycles. The zero-order valence-electron chi connectivity index (χ0n) is 12.4. The third-order valence-corrected chi connectivity index (χ3v) is 3.07. The predicted octanol–water partition coefficient (Wildman–Crippen LogP) is 1.87. The van der Waals surface area contributed by atoms with Crippen LogP contribution in [0.3, 0.4) is 0 Å². The Labute approximate surface area is 124 Å². The number of carbonyl (C=O) groups excluding carboxylic acids is 1. The fourth-order valence-electron chi connectivity index (χ4n) is 1.91. The quantitative estimate of drug-likeness (QED) is 0.921. The first-order chi connectivity index (χ1) is 10.2.